The quantitative estimate of drug-likeness (QED) is 0.567. The number of hydrogen-bond donors (Lipinski definition) is 1. The standard InChI is InChI=1S/C22H26ClNO4/c1-15(2)11-12-28-20-8-5-16(13-21(20)27-4)6-10-22(25)24-17-7-9-19(26-3)18(23)14-17/h5-10,13-15H,11-12H2,1-4H3,(H,24,25)/b10-6+. The van der Waals surface area contributed by atoms with Crippen molar-refractivity contribution >= 4 is 29.3 Å². The van der Waals surface area contributed by atoms with Gasteiger partial charge in [-0.2, -0.15) is 0 Å². The summed E-state index contributed by atoms with van der Waals surface area (Å²) in [5.74, 6) is 2.19. The first-order chi connectivity index (χ1) is 13.4. The van der Waals surface area contributed by atoms with E-state index >= 15 is 0 Å². The van der Waals surface area contributed by atoms with E-state index in [9.17, 15) is 4.79 Å². The zero-order chi connectivity index (χ0) is 20.5. The molecule has 6 heteroatoms. The van der Waals surface area contributed by atoms with Crippen LogP contribution in [-0.2, 0) is 4.79 Å². The second kappa shape index (κ2) is 10.6. The van der Waals surface area contributed by atoms with Gasteiger partial charge in [0.05, 0.1) is 25.8 Å². The van der Waals surface area contributed by atoms with Gasteiger partial charge in [-0.05, 0) is 54.3 Å². The van der Waals surface area contributed by atoms with Gasteiger partial charge in [-0.3, -0.25) is 4.79 Å². The summed E-state index contributed by atoms with van der Waals surface area (Å²) in [7, 11) is 3.13. The van der Waals surface area contributed by atoms with Gasteiger partial charge in [-0.15, -0.1) is 0 Å². The molecule has 0 aromatic heterocycles. The fourth-order valence-electron chi connectivity index (χ4n) is 2.41. The Morgan fingerprint density at radius 1 is 1.07 bits per heavy atom. The minimum atomic E-state index is -0.266. The number of hydrogen-bond acceptors (Lipinski definition) is 4. The molecule has 1 N–H and O–H groups in total. The van der Waals surface area contributed by atoms with Crippen LogP contribution in [0.4, 0.5) is 5.69 Å². The molecule has 0 saturated heterocycles. The molecule has 0 fully saturated rings. The molecule has 0 unspecified atom stereocenters. The molecule has 1 amide bonds. The zero-order valence-electron chi connectivity index (χ0n) is 16.6. The van der Waals surface area contributed by atoms with Crippen LogP contribution in [0.15, 0.2) is 42.5 Å². The highest BCUT2D eigenvalue weighted by atomic mass is 35.5. The average molecular weight is 404 g/mol. The van der Waals surface area contributed by atoms with Gasteiger partial charge in [-0.1, -0.05) is 31.5 Å². The molecule has 0 atom stereocenters. The largest absolute Gasteiger partial charge is 0.495 e. The van der Waals surface area contributed by atoms with Gasteiger partial charge in [-0.25, -0.2) is 0 Å². The van der Waals surface area contributed by atoms with Crippen molar-refractivity contribution in [3.05, 3.63) is 53.1 Å². The predicted molar refractivity (Wildman–Crippen MR) is 114 cm³/mol. The van der Waals surface area contributed by atoms with Gasteiger partial charge in [0.1, 0.15) is 5.75 Å². The van der Waals surface area contributed by atoms with Crippen molar-refractivity contribution in [3.63, 3.8) is 0 Å². The molecule has 2 aromatic rings. The number of methoxy groups -OCH3 is 2. The Hall–Kier alpha value is -2.66. The van der Waals surface area contributed by atoms with Crippen LogP contribution in [-0.4, -0.2) is 26.7 Å². The zero-order valence-corrected chi connectivity index (χ0v) is 17.4. The van der Waals surface area contributed by atoms with Crippen LogP contribution in [0.1, 0.15) is 25.8 Å². The predicted octanol–water partition coefficient (Wildman–Crippen LogP) is 5.43. The summed E-state index contributed by atoms with van der Waals surface area (Å²) in [5.41, 5.74) is 1.42. The molecule has 5 nitrogen and oxygen atoms in total. The lowest BCUT2D eigenvalue weighted by Gasteiger charge is -2.12. The highest BCUT2D eigenvalue weighted by Crippen LogP contribution is 2.29. The van der Waals surface area contributed by atoms with Crippen molar-refractivity contribution in [3.8, 4) is 17.2 Å². The SMILES string of the molecule is COc1ccc(NC(=O)/C=C/c2ccc(OCCC(C)C)c(OC)c2)cc1Cl. The Morgan fingerprint density at radius 2 is 1.79 bits per heavy atom. The van der Waals surface area contributed by atoms with E-state index in [1.165, 1.54) is 13.2 Å². The van der Waals surface area contributed by atoms with Crippen LogP contribution in [0.2, 0.25) is 5.02 Å². The summed E-state index contributed by atoms with van der Waals surface area (Å²) in [6.45, 7) is 4.94. The molecule has 0 bridgehead atoms. The van der Waals surface area contributed by atoms with Crippen LogP contribution >= 0.6 is 11.6 Å². The molecule has 0 heterocycles. The van der Waals surface area contributed by atoms with E-state index in [-0.39, 0.29) is 5.91 Å². The topological polar surface area (TPSA) is 56.8 Å². The van der Waals surface area contributed by atoms with Gasteiger partial charge in [0.15, 0.2) is 11.5 Å². The van der Waals surface area contributed by atoms with Crippen molar-refractivity contribution in [2.45, 2.75) is 20.3 Å². The Kier molecular flexibility index (Phi) is 8.20. The summed E-state index contributed by atoms with van der Waals surface area (Å²) in [6, 6.07) is 10.6. The third kappa shape index (κ3) is 6.50. The third-order valence-corrected chi connectivity index (χ3v) is 4.28. The maximum Gasteiger partial charge on any atom is 0.248 e. The molecule has 0 aliphatic rings. The summed E-state index contributed by atoms with van der Waals surface area (Å²) in [4.78, 5) is 12.1. The van der Waals surface area contributed by atoms with Crippen LogP contribution in [0.3, 0.4) is 0 Å². The number of carbonyl (C=O) groups is 1. The van der Waals surface area contributed by atoms with Crippen LogP contribution in [0.25, 0.3) is 6.08 Å². The lowest BCUT2D eigenvalue weighted by atomic mass is 10.1. The van der Waals surface area contributed by atoms with E-state index in [0.717, 1.165) is 12.0 Å². The van der Waals surface area contributed by atoms with E-state index in [1.54, 1.807) is 31.4 Å². The Balaban J connectivity index is 2.00. The molecule has 28 heavy (non-hydrogen) atoms. The van der Waals surface area contributed by atoms with Crippen LogP contribution < -0.4 is 19.5 Å². The van der Waals surface area contributed by atoms with Gasteiger partial charge in [0.25, 0.3) is 0 Å². The highest BCUT2D eigenvalue weighted by Gasteiger charge is 2.07. The molecule has 0 aliphatic carbocycles. The lowest BCUT2D eigenvalue weighted by Crippen LogP contribution is -2.07. The number of benzene rings is 2. The number of nitrogens with one attached hydrogen (secondary N) is 1. The average Bonchev–Trinajstić information content (AvgIpc) is 2.67. The monoisotopic (exact) mass is 403 g/mol. The van der Waals surface area contributed by atoms with Gasteiger partial charge in [0.2, 0.25) is 5.91 Å². The summed E-state index contributed by atoms with van der Waals surface area (Å²) >= 11 is 6.07. The van der Waals surface area contributed by atoms with Crippen molar-refractivity contribution in [2.75, 3.05) is 26.1 Å². The van der Waals surface area contributed by atoms with E-state index in [0.29, 0.717) is 40.5 Å². The van der Waals surface area contributed by atoms with Crippen molar-refractivity contribution in [1.29, 1.82) is 0 Å². The number of anilines is 1. The van der Waals surface area contributed by atoms with Crippen molar-refractivity contribution in [2.24, 2.45) is 5.92 Å². The minimum Gasteiger partial charge on any atom is -0.495 e. The first-order valence-electron chi connectivity index (χ1n) is 9.06. The molecule has 0 aliphatic heterocycles. The fraction of sp³-hybridized carbons (Fsp3) is 0.318. The lowest BCUT2D eigenvalue weighted by molar-refractivity contribution is -0.111. The number of carbonyl (C=O) groups excluding carboxylic acids is 1. The molecular weight excluding hydrogens is 378 g/mol. The maximum atomic E-state index is 12.1. The number of halogens is 1. The fourth-order valence-corrected chi connectivity index (χ4v) is 2.67. The summed E-state index contributed by atoms with van der Waals surface area (Å²) in [6.07, 6.45) is 4.13. The Bertz CT molecular complexity index is 833. The first-order valence-corrected chi connectivity index (χ1v) is 9.44. The van der Waals surface area contributed by atoms with Crippen LogP contribution in [0, 0.1) is 5.92 Å². The van der Waals surface area contributed by atoms with E-state index in [1.807, 2.05) is 18.2 Å². The summed E-state index contributed by atoms with van der Waals surface area (Å²) in [5, 5.41) is 3.19. The number of rotatable bonds is 9. The second-order valence-electron chi connectivity index (χ2n) is 6.61. The molecule has 2 rings (SSSR count). The van der Waals surface area contributed by atoms with E-state index in [4.69, 9.17) is 25.8 Å². The molecule has 0 saturated carbocycles. The molecule has 0 spiro atoms. The van der Waals surface area contributed by atoms with Gasteiger partial charge in [0, 0.05) is 11.8 Å². The molecule has 2 aromatic carbocycles. The summed E-state index contributed by atoms with van der Waals surface area (Å²) < 4.78 is 16.3. The molecular formula is C22H26ClNO4. The van der Waals surface area contributed by atoms with Crippen molar-refractivity contribution in [1.82, 2.24) is 0 Å². The molecule has 150 valence electrons. The van der Waals surface area contributed by atoms with E-state index < -0.39 is 0 Å². The normalized spacial score (nSPS) is 10.9. The maximum absolute atomic E-state index is 12.1. The van der Waals surface area contributed by atoms with E-state index in [2.05, 4.69) is 19.2 Å². The first kappa shape index (κ1) is 21.6. The van der Waals surface area contributed by atoms with Crippen molar-refractivity contribution < 1.29 is 19.0 Å². The van der Waals surface area contributed by atoms with Gasteiger partial charge >= 0.3 is 0 Å². The highest BCUT2D eigenvalue weighted by molar-refractivity contribution is 6.32. The van der Waals surface area contributed by atoms with Gasteiger partial charge < -0.3 is 19.5 Å². The molecule has 0 radical (unpaired) electrons. The number of amides is 1. The number of ether oxygens (including phenoxy) is 3. The minimum absolute atomic E-state index is 0.266. The Labute approximate surface area is 171 Å². The smallest absolute Gasteiger partial charge is 0.248 e. The third-order valence-electron chi connectivity index (χ3n) is 3.99. The Morgan fingerprint density at radius 3 is 2.43 bits per heavy atom. The van der Waals surface area contributed by atoms with Crippen LogP contribution in [0.5, 0.6) is 17.2 Å². The second-order valence-corrected chi connectivity index (χ2v) is 7.02.